The molecule has 0 radical (unpaired) electrons. The molecule has 0 fully saturated rings. The zero-order valence-corrected chi connectivity index (χ0v) is 12.1. The summed E-state index contributed by atoms with van der Waals surface area (Å²) in [4.78, 5) is 15.4. The van der Waals surface area contributed by atoms with Crippen LogP contribution in [-0.2, 0) is 11.3 Å². The molecular weight excluding hydrogens is 252 g/mol. The molecule has 0 saturated heterocycles. The van der Waals surface area contributed by atoms with Gasteiger partial charge in [-0.3, -0.25) is 4.79 Å². The highest BCUT2D eigenvalue weighted by atomic mass is 16.1. The van der Waals surface area contributed by atoms with Crippen molar-refractivity contribution in [3.63, 3.8) is 0 Å². The summed E-state index contributed by atoms with van der Waals surface area (Å²) in [6, 6.07) is 7.92. The summed E-state index contributed by atoms with van der Waals surface area (Å²) in [5.74, 6) is 0.786. The second kappa shape index (κ2) is 6.23. The number of aromatic nitrogens is 2. The predicted octanol–water partition coefficient (Wildman–Crippen LogP) is 3.03. The van der Waals surface area contributed by atoms with Crippen LogP contribution in [0.4, 0.5) is 11.6 Å². The number of amides is 1. The number of carbonyl (C=O) groups excluding carboxylic acids is 1. The average molecular weight is 272 g/mol. The lowest BCUT2D eigenvalue weighted by molar-refractivity contribution is -0.114. The van der Waals surface area contributed by atoms with Crippen molar-refractivity contribution in [1.29, 1.82) is 0 Å². The number of anilines is 2. The molecule has 20 heavy (non-hydrogen) atoms. The molecule has 1 aromatic heterocycles. The van der Waals surface area contributed by atoms with Crippen LogP contribution in [0, 0.1) is 0 Å². The molecule has 1 amide bonds. The van der Waals surface area contributed by atoms with Crippen molar-refractivity contribution >= 4 is 17.5 Å². The summed E-state index contributed by atoms with van der Waals surface area (Å²) in [5, 5.41) is 6.17. The maximum absolute atomic E-state index is 11.1. The topological polar surface area (TPSA) is 59.0 Å². The Morgan fingerprint density at radius 3 is 2.95 bits per heavy atom. The molecule has 2 aromatic rings. The molecule has 1 atom stereocenters. The van der Waals surface area contributed by atoms with Crippen LogP contribution in [0.2, 0.25) is 0 Å². The molecule has 1 heterocycles. The summed E-state index contributed by atoms with van der Waals surface area (Å²) >= 11 is 0. The number of hydrogen-bond donors (Lipinski definition) is 2. The van der Waals surface area contributed by atoms with E-state index in [1.165, 1.54) is 6.92 Å². The molecule has 5 heteroatoms. The minimum Gasteiger partial charge on any atom is -0.349 e. The van der Waals surface area contributed by atoms with E-state index in [-0.39, 0.29) is 11.9 Å². The third kappa shape index (κ3) is 3.38. The van der Waals surface area contributed by atoms with Gasteiger partial charge in [-0.05, 0) is 31.5 Å². The molecule has 2 rings (SSSR count). The number of rotatable bonds is 5. The maximum Gasteiger partial charge on any atom is 0.221 e. The summed E-state index contributed by atoms with van der Waals surface area (Å²) in [7, 11) is 0. The smallest absolute Gasteiger partial charge is 0.221 e. The van der Waals surface area contributed by atoms with Gasteiger partial charge in [0.2, 0.25) is 11.9 Å². The van der Waals surface area contributed by atoms with Crippen molar-refractivity contribution in [3.8, 4) is 0 Å². The van der Waals surface area contributed by atoms with Crippen molar-refractivity contribution in [2.45, 2.75) is 33.4 Å². The van der Waals surface area contributed by atoms with Gasteiger partial charge in [-0.2, -0.15) is 0 Å². The quantitative estimate of drug-likeness (QED) is 0.879. The fourth-order valence-corrected chi connectivity index (χ4v) is 2.07. The lowest BCUT2D eigenvalue weighted by atomic mass is 10.1. The Balaban J connectivity index is 2.12. The first-order valence-corrected chi connectivity index (χ1v) is 6.75. The first-order valence-electron chi connectivity index (χ1n) is 6.75. The van der Waals surface area contributed by atoms with Crippen molar-refractivity contribution in [2.24, 2.45) is 0 Å². The first-order chi connectivity index (χ1) is 9.60. The van der Waals surface area contributed by atoms with Crippen LogP contribution in [0.5, 0.6) is 0 Å². The zero-order chi connectivity index (χ0) is 14.5. The van der Waals surface area contributed by atoms with Gasteiger partial charge in [-0.25, -0.2) is 4.98 Å². The Morgan fingerprint density at radius 1 is 1.45 bits per heavy atom. The Bertz CT molecular complexity index is 591. The minimum atomic E-state index is -0.0655. The van der Waals surface area contributed by atoms with Gasteiger partial charge in [0.25, 0.3) is 0 Å². The minimum absolute atomic E-state index is 0.0655. The van der Waals surface area contributed by atoms with Crippen LogP contribution in [0.25, 0.3) is 0 Å². The molecule has 106 valence electrons. The number of nitrogens with one attached hydrogen (secondary N) is 2. The van der Waals surface area contributed by atoms with E-state index in [4.69, 9.17) is 0 Å². The van der Waals surface area contributed by atoms with E-state index in [1.54, 1.807) is 6.20 Å². The Kier molecular flexibility index (Phi) is 4.40. The standard InChI is InChI=1S/C15H20N4O/c1-4-19-9-8-16-15(19)17-11(2)13-6-5-7-14(10-13)18-12(3)20/h5-11H,4H2,1-3H3,(H,16,17)(H,18,20). The van der Waals surface area contributed by atoms with Crippen LogP contribution >= 0.6 is 0 Å². The Hall–Kier alpha value is -2.30. The summed E-state index contributed by atoms with van der Waals surface area (Å²) in [5.41, 5.74) is 1.91. The summed E-state index contributed by atoms with van der Waals surface area (Å²) < 4.78 is 2.05. The second-order valence-electron chi connectivity index (χ2n) is 4.71. The lowest BCUT2D eigenvalue weighted by Crippen LogP contribution is -2.12. The third-order valence-electron chi connectivity index (χ3n) is 3.11. The van der Waals surface area contributed by atoms with Gasteiger partial charge in [0, 0.05) is 31.5 Å². The van der Waals surface area contributed by atoms with Crippen LogP contribution in [0.1, 0.15) is 32.4 Å². The summed E-state index contributed by atoms with van der Waals surface area (Å²) in [6.45, 7) is 6.53. The fourth-order valence-electron chi connectivity index (χ4n) is 2.07. The number of nitrogens with zero attached hydrogens (tertiary/aromatic N) is 2. The monoisotopic (exact) mass is 272 g/mol. The van der Waals surface area contributed by atoms with Gasteiger partial charge in [-0.1, -0.05) is 12.1 Å². The van der Waals surface area contributed by atoms with E-state index in [9.17, 15) is 4.79 Å². The number of carbonyl (C=O) groups is 1. The first kappa shape index (κ1) is 14.1. The molecule has 1 unspecified atom stereocenters. The van der Waals surface area contributed by atoms with E-state index in [0.717, 1.165) is 23.7 Å². The van der Waals surface area contributed by atoms with Gasteiger partial charge in [-0.15, -0.1) is 0 Å². The third-order valence-corrected chi connectivity index (χ3v) is 3.11. The highest BCUT2D eigenvalue weighted by molar-refractivity contribution is 5.88. The molecule has 1 aromatic carbocycles. The number of benzene rings is 1. The van der Waals surface area contributed by atoms with E-state index in [1.807, 2.05) is 35.0 Å². The van der Waals surface area contributed by atoms with E-state index in [2.05, 4.69) is 29.5 Å². The van der Waals surface area contributed by atoms with Gasteiger partial charge >= 0.3 is 0 Å². The molecule has 0 aliphatic rings. The van der Waals surface area contributed by atoms with Crippen molar-refractivity contribution in [2.75, 3.05) is 10.6 Å². The van der Waals surface area contributed by atoms with Gasteiger partial charge in [0.05, 0.1) is 6.04 Å². The average Bonchev–Trinajstić information content (AvgIpc) is 2.85. The van der Waals surface area contributed by atoms with Crippen LogP contribution < -0.4 is 10.6 Å². The predicted molar refractivity (Wildman–Crippen MR) is 80.7 cm³/mol. The van der Waals surface area contributed by atoms with Gasteiger partial charge in [0.15, 0.2) is 0 Å². The number of aryl methyl sites for hydroxylation is 1. The molecule has 5 nitrogen and oxygen atoms in total. The van der Waals surface area contributed by atoms with Crippen molar-refractivity contribution in [3.05, 3.63) is 42.2 Å². The van der Waals surface area contributed by atoms with E-state index in [0.29, 0.717) is 0 Å². The van der Waals surface area contributed by atoms with Crippen molar-refractivity contribution in [1.82, 2.24) is 9.55 Å². The van der Waals surface area contributed by atoms with Crippen LogP contribution in [0.3, 0.4) is 0 Å². The Morgan fingerprint density at radius 2 is 2.25 bits per heavy atom. The normalized spacial score (nSPS) is 11.9. The molecule has 2 N–H and O–H groups in total. The highest BCUT2D eigenvalue weighted by Gasteiger charge is 2.09. The molecule has 0 saturated carbocycles. The van der Waals surface area contributed by atoms with Crippen molar-refractivity contribution < 1.29 is 4.79 Å². The highest BCUT2D eigenvalue weighted by Crippen LogP contribution is 2.21. The Labute approximate surface area is 119 Å². The largest absolute Gasteiger partial charge is 0.349 e. The van der Waals surface area contributed by atoms with Gasteiger partial charge in [0.1, 0.15) is 0 Å². The molecule has 0 aliphatic heterocycles. The van der Waals surface area contributed by atoms with Crippen LogP contribution in [0.15, 0.2) is 36.7 Å². The zero-order valence-electron chi connectivity index (χ0n) is 12.1. The fraction of sp³-hybridized carbons (Fsp3) is 0.333. The van der Waals surface area contributed by atoms with E-state index < -0.39 is 0 Å². The van der Waals surface area contributed by atoms with Crippen LogP contribution in [-0.4, -0.2) is 15.5 Å². The SMILES string of the molecule is CCn1ccnc1NC(C)c1cccc(NC(C)=O)c1. The molecule has 0 bridgehead atoms. The molecule has 0 aliphatic carbocycles. The second-order valence-corrected chi connectivity index (χ2v) is 4.71. The lowest BCUT2D eigenvalue weighted by Gasteiger charge is -2.16. The summed E-state index contributed by atoms with van der Waals surface area (Å²) in [6.07, 6.45) is 3.73. The van der Waals surface area contributed by atoms with E-state index >= 15 is 0 Å². The number of imidazole rings is 1. The number of hydrogen-bond acceptors (Lipinski definition) is 3. The molecular formula is C15H20N4O. The van der Waals surface area contributed by atoms with Gasteiger partial charge < -0.3 is 15.2 Å². The maximum atomic E-state index is 11.1. The molecule has 0 spiro atoms.